The first-order chi connectivity index (χ1) is 15.2. The lowest BCUT2D eigenvalue weighted by Crippen LogP contribution is -2.48. The van der Waals surface area contributed by atoms with E-state index in [0.717, 1.165) is 27.4 Å². The van der Waals surface area contributed by atoms with Crippen molar-refractivity contribution in [2.45, 2.75) is 38.9 Å². The molecule has 0 fully saturated rings. The van der Waals surface area contributed by atoms with Crippen molar-refractivity contribution >= 4 is 38.5 Å². The Kier molecular flexibility index (Phi) is 4.45. The van der Waals surface area contributed by atoms with E-state index in [0.29, 0.717) is 28.7 Å². The topological polar surface area (TPSA) is 66.8 Å². The number of fused-ring (bicyclic) bond motifs is 5. The number of nitrogens with zero attached hydrogens (tertiary/aromatic N) is 1. The zero-order valence-electron chi connectivity index (χ0n) is 18.8. The van der Waals surface area contributed by atoms with Crippen LogP contribution in [0.2, 0.25) is 0 Å². The minimum atomic E-state index is -0.719. The maximum atomic E-state index is 13.7. The third-order valence-corrected chi connectivity index (χ3v) is 6.43. The number of esters is 1. The van der Waals surface area contributed by atoms with Crippen LogP contribution in [-0.4, -0.2) is 29.4 Å². The van der Waals surface area contributed by atoms with E-state index in [1.807, 2.05) is 61.9 Å². The number of aromatic nitrogens is 1. The second-order valence-corrected chi connectivity index (χ2v) is 8.89. The molecule has 6 heteroatoms. The van der Waals surface area contributed by atoms with Crippen LogP contribution < -0.4 is 14.9 Å². The van der Waals surface area contributed by atoms with E-state index in [-0.39, 0.29) is 11.4 Å². The number of ether oxygens (including phenoxy) is 3. The van der Waals surface area contributed by atoms with Crippen LogP contribution >= 0.6 is 0 Å². The summed E-state index contributed by atoms with van der Waals surface area (Å²) in [6.07, 6.45) is -0.0408. The molecule has 0 spiro atoms. The molecule has 1 atom stereocenters. The highest BCUT2D eigenvalue weighted by atomic mass is 16.6. The minimum Gasteiger partial charge on any atom is -0.496 e. The molecule has 0 radical (unpaired) electrons. The van der Waals surface area contributed by atoms with Crippen molar-refractivity contribution in [3.05, 3.63) is 58.3 Å². The number of pyridine rings is 1. The van der Waals surface area contributed by atoms with Gasteiger partial charge in [-0.15, -0.1) is 0 Å². The fourth-order valence-corrected chi connectivity index (χ4v) is 4.81. The maximum Gasteiger partial charge on any atom is 0.303 e. The molecule has 3 aromatic carbocycles. The molecule has 0 aliphatic carbocycles. The lowest BCUT2D eigenvalue weighted by molar-refractivity contribution is -0.158. The summed E-state index contributed by atoms with van der Waals surface area (Å²) in [4.78, 5) is 25.5. The maximum absolute atomic E-state index is 13.7. The van der Waals surface area contributed by atoms with E-state index < -0.39 is 11.7 Å². The predicted molar refractivity (Wildman–Crippen MR) is 125 cm³/mol. The van der Waals surface area contributed by atoms with Gasteiger partial charge in [-0.1, -0.05) is 24.3 Å². The fourth-order valence-electron chi connectivity index (χ4n) is 4.81. The average Bonchev–Trinajstić information content (AvgIpc) is 2.75. The molecule has 4 aromatic rings. The molecule has 0 N–H and O–H groups in total. The molecule has 5 rings (SSSR count). The van der Waals surface area contributed by atoms with Crippen molar-refractivity contribution in [3.63, 3.8) is 0 Å². The molecule has 164 valence electrons. The number of hydrogen-bond acceptors (Lipinski definition) is 5. The molecule has 1 unspecified atom stereocenters. The van der Waals surface area contributed by atoms with Gasteiger partial charge >= 0.3 is 5.97 Å². The summed E-state index contributed by atoms with van der Waals surface area (Å²) in [6, 6.07) is 13.7. The summed E-state index contributed by atoms with van der Waals surface area (Å²) in [5.41, 5.74) is 1.59. The van der Waals surface area contributed by atoms with Gasteiger partial charge < -0.3 is 18.8 Å². The Balaban J connectivity index is 1.90. The molecule has 6 nitrogen and oxygen atoms in total. The van der Waals surface area contributed by atoms with Crippen LogP contribution in [0.15, 0.2) is 47.3 Å². The smallest absolute Gasteiger partial charge is 0.303 e. The monoisotopic (exact) mass is 431 g/mol. The van der Waals surface area contributed by atoms with Crippen LogP contribution in [0.4, 0.5) is 0 Å². The lowest BCUT2D eigenvalue weighted by Gasteiger charge is -2.39. The quantitative estimate of drug-likeness (QED) is 0.345. The summed E-state index contributed by atoms with van der Waals surface area (Å²) in [5, 5.41) is 3.20. The molecule has 1 aromatic heterocycles. The van der Waals surface area contributed by atoms with Gasteiger partial charge in [-0.25, -0.2) is 0 Å². The van der Waals surface area contributed by atoms with Crippen molar-refractivity contribution in [1.29, 1.82) is 0 Å². The van der Waals surface area contributed by atoms with Gasteiger partial charge in [0.15, 0.2) is 0 Å². The van der Waals surface area contributed by atoms with E-state index in [9.17, 15) is 9.59 Å². The SMILES string of the molecule is COc1cc2c(c3c1c(=O)c1cc4ccccc4cc1n3C)CC(OC(C)=O)C(C)(C)O2. The number of hydrogen-bond donors (Lipinski definition) is 0. The highest BCUT2D eigenvalue weighted by Crippen LogP contribution is 2.42. The molecule has 0 bridgehead atoms. The molecule has 0 saturated heterocycles. The normalized spacial score (nSPS) is 17.2. The highest BCUT2D eigenvalue weighted by molar-refractivity contribution is 6.04. The van der Waals surface area contributed by atoms with E-state index in [1.165, 1.54) is 6.92 Å². The van der Waals surface area contributed by atoms with Gasteiger partial charge in [0.2, 0.25) is 5.43 Å². The van der Waals surface area contributed by atoms with E-state index in [1.54, 1.807) is 13.2 Å². The Morgan fingerprint density at radius 3 is 2.50 bits per heavy atom. The first-order valence-corrected chi connectivity index (χ1v) is 10.6. The zero-order chi connectivity index (χ0) is 22.8. The molecule has 0 amide bonds. The van der Waals surface area contributed by atoms with Crippen LogP contribution in [0.5, 0.6) is 11.5 Å². The predicted octanol–water partition coefficient (Wildman–Crippen LogP) is 4.50. The number of methoxy groups -OCH3 is 1. The van der Waals surface area contributed by atoms with Crippen molar-refractivity contribution in [2.24, 2.45) is 7.05 Å². The fraction of sp³-hybridized carbons (Fsp3) is 0.308. The highest BCUT2D eigenvalue weighted by Gasteiger charge is 2.41. The van der Waals surface area contributed by atoms with Crippen molar-refractivity contribution < 1.29 is 19.0 Å². The Morgan fingerprint density at radius 1 is 1.16 bits per heavy atom. The molecule has 1 aliphatic heterocycles. The number of aryl methyl sites for hydroxylation is 1. The van der Waals surface area contributed by atoms with Crippen LogP contribution in [0.1, 0.15) is 26.3 Å². The summed E-state index contributed by atoms with van der Waals surface area (Å²) < 4.78 is 19.6. The summed E-state index contributed by atoms with van der Waals surface area (Å²) >= 11 is 0. The Labute approximate surface area is 185 Å². The first kappa shape index (κ1) is 20.4. The van der Waals surface area contributed by atoms with E-state index in [4.69, 9.17) is 14.2 Å². The van der Waals surface area contributed by atoms with Crippen molar-refractivity contribution in [2.75, 3.05) is 7.11 Å². The van der Waals surface area contributed by atoms with E-state index >= 15 is 0 Å². The summed E-state index contributed by atoms with van der Waals surface area (Å²) in [6.45, 7) is 5.18. The van der Waals surface area contributed by atoms with Gasteiger partial charge in [-0.2, -0.15) is 0 Å². The lowest BCUT2D eigenvalue weighted by atomic mass is 9.88. The molecular formula is C26H25NO5. The molecule has 1 aliphatic rings. The average molecular weight is 431 g/mol. The van der Waals surface area contributed by atoms with Gasteiger partial charge in [-0.3, -0.25) is 9.59 Å². The molecular weight excluding hydrogens is 406 g/mol. The summed E-state index contributed by atoms with van der Waals surface area (Å²) in [5.74, 6) is 0.743. The summed E-state index contributed by atoms with van der Waals surface area (Å²) in [7, 11) is 3.50. The van der Waals surface area contributed by atoms with Crippen molar-refractivity contribution in [1.82, 2.24) is 4.57 Å². The van der Waals surface area contributed by atoms with Gasteiger partial charge in [0.1, 0.15) is 23.2 Å². The number of rotatable bonds is 2. The molecule has 0 saturated carbocycles. The van der Waals surface area contributed by atoms with Crippen LogP contribution in [-0.2, 0) is 23.0 Å². The van der Waals surface area contributed by atoms with Crippen LogP contribution in [0, 0.1) is 0 Å². The standard InChI is InChI=1S/C26H25NO5/c1-14(28)31-22-12-18-20(32-26(22,2)3)13-21(30-5)23-24(18)27(4)19-11-16-9-7-6-8-15(16)10-17(19)25(23)29/h6-11,13,22H,12H2,1-5H3. The Hall–Kier alpha value is -3.54. The molecule has 2 heterocycles. The third kappa shape index (κ3) is 2.93. The second-order valence-electron chi connectivity index (χ2n) is 8.89. The zero-order valence-corrected chi connectivity index (χ0v) is 18.8. The number of benzene rings is 3. The Morgan fingerprint density at radius 2 is 1.84 bits per heavy atom. The molecule has 32 heavy (non-hydrogen) atoms. The van der Waals surface area contributed by atoms with Crippen LogP contribution in [0.25, 0.3) is 32.6 Å². The largest absolute Gasteiger partial charge is 0.496 e. The third-order valence-electron chi connectivity index (χ3n) is 6.43. The number of carbonyl (C=O) groups is 1. The van der Waals surface area contributed by atoms with E-state index in [2.05, 4.69) is 0 Å². The van der Waals surface area contributed by atoms with Crippen LogP contribution in [0.3, 0.4) is 0 Å². The second kappa shape index (κ2) is 6.99. The Bertz CT molecular complexity index is 1480. The van der Waals surface area contributed by atoms with Gasteiger partial charge in [0, 0.05) is 37.4 Å². The van der Waals surface area contributed by atoms with Gasteiger partial charge in [-0.05, 0) is 36.8 Å². The number of carbonyl (C=O) groups excluding carboxylic acids is 1. The van der Waals surface area contributed by atoms with Gasteiger partial charge in [0.25, 0.3) is 0 Å². The van der Waals surface area contributed by atoms with Crippen molar-refractivity contribution in [3.8, 4) is 11.5 Å². The minimum absolute atomic E-state index is 0.0904. The first-order valence-electron chi connectivity index (χ1n) is 10.6. The van der Waals surface area contributed by atoms with Gasteiger partial charge in [0.05, 0.1) is 23.5 Å².